The number of nitrogens with one attached hydrogen (secondary N) is 3. The number of aryl methyl sites for hydroxylation is 1. The van der Waals surface area contributed by atoms with E-state index in [-0.39, 0.29) is 23.8 Å². The number of urea groups is 1. The predicted molar refractivity (Wildman–Crippen MR) is 105 cm³/mol. The van der Waals surface area contributed by atoms with E-state index >= 15 is 0 Å². The molecule has 1 aromatic heterocycles. The summed E-state index contributed by atoms with van der Waals surface area (Å²) < 4.78 is 5.40. The Morgan fingerprint density at radius 3 is 2.38 bits per heavy atom. The van der Waals surface area contributed by atoms with Crippen molar-refractivity contribution in [1.29, 1.82) is 0 Å². The van der Waals surface area contributed by atoms with Crippen LogP contribution < -0.4 is 16.0 Å². The van der Waals surface area contributed by atoms with Gasteiger partial charge in [-0.2, -0.15) is 0 Å². The van der Waals surface area contributed by atoms with Crippen LogP contribution in [-0.2, 0) is 17.9 Å². The fraction of sp³-hybridized carbons (Fsp3) is 0.381. The standard InChI is InChI=1S/C21H25N3O5/c1-14-17(18(25)26)11-16(29-14)13-22-19(27)21(9-5-6-10-21)24-20(28)23-12-15-7-3-2-4-8-15/h2-4,7-8,11H,5-6,9-10,12-13H2,1H3,(H,22,27)(H,25,26)(H2,23,24,28). The number of hydrogen-bond acceptors (Lipinski definition) is 4. The van der Waals surface area contributed by atoms with Crippen molar-refractivity contribution in [2.24, 2.45) is 0 Å². The Hall–Kier alpha value is -3.29. The molecule has 29 heavy (non-hydrogen) atoms. The molecule has 154 valence electrons. The second-order valence-electron chi connectivity index (χ2n) is 7.25. The smallest absolute Gasteiger partial charge is 0.339 e. The summed E-state index contributed by atoms with van der Waals surface area (Å²) in [5, 5.41) is 17.5. The average molecular weight is 399 g/mol. The highest BCUT2D eigenvalue weighted by molar-refractivity contribution is 5.91. The molecule has 0 radical (unpaired) electrons. The zero-order valence-electron chi connectivity index (χ0n) is 16.3. The lowest BCUT2D eigenvalue weighted by atomic mass is 9.96. The van der Waals surface area contributed by atoms with Crippen LogP contribution in [0.15, 0.2) is 40.8 Å². The first kappa shape index (κ1) is 20.4. The van der Waals surface area contributed by atoms with E-state index in [2.05, 4.69) is 16.0 Å². The van der Waals surface area contributed by atoms with Crippen LogP contribution >= 0.6 is 0 Å². The van der Waals surface area contributed by atoms with Crippen LogP contribution in [-0.4, -0.2) is 28.6 Å². The van der Waals surface area contributed by atoms with Gasteiger partial charge in [0.1, 0.15) is 22.6 Å². The SMILES string of the molecule is Cc1oc(CNC(=O)C2(NC(=O)NCc3ccccc3)CCCC2)cc1C(=O)O. The number of furan rings is 1. The first-order valence-electron chi connectivity index (χ1n) is 9.60. The van der Waals surface area contributed by atoms with Crippen molar-refractivity contribution in [3.63, 3.8) is 0 Å². The quantitative estimate of drug-likeness (QED) is 0.570. The molecule has 8 nitrogen and oxygen atoms in total. The number of rotatable bonds is 7. The normalized spacial score (nSPS) is 14.9. The third-order valence-electron chi connectivity index (χ3n) is 5.16. The van der Waals surface area contributed by atoms with Crippen molar-refractivity contribution in [2.75, 3.05) is 0 Å². The van der Waals surface area contributed by atoms with E-state index in [9.17, 15) is 14.4 Å². The van der Waals surface area contributed by atoms with Crippen molar-refractivity contribution in [3.05, 3.63) is 59.0 Å². The molecule has 0 saturated heterocycles. The third kappa shape index (κ3) is 4.96. The number of carbonyl (C=O) groups excluding carboxylic acids is 2. The van der Waals surface area contributed by atoms with Crippen LogP contribution in [0.2, 0.25) is 0 Å². The number of hydrogen-bond donors (Lipinski definition) is 4. The summed E-state index contributed by atoms with van der Waals surface area (Å²) >= 11 is 0. The van der Waals surface area contributed by atoms with Crippen LogP contribution in [0.1, 0.15) is 53.1 Å². The highest BCUT2D eigenvalue weighted by Gasteiger charge is 2.42. The van der Waals surface area contributed by atoms with Crippen LogP contribution in [0.25, 0.3) is 0 Å². The zero-order valence-corrected chi connectivity index (χ0v) is 16.3. The Morgan fingerprint density at radius 2 is 1.76 bits per heavy atom. The highest BCUT2D eigenvalue weighted by Crippen LogP contribution is 2.30. The molecule has 0 spiro atoms. The minimum atomic E-state index is -1.08. The number of carboxylic acids is 1. The zero-order chi connectivity index (χ0) is 20.9. The molecular formula is C21H25N3O5. The molecule has 3 amide bonds. The minimum Gasteiger partial charge on any atom is -0.478 e. The van der Waals surface area contributed by atoms with E-state index in [1.165, 1.54) is 6.07 Å². The molecule has 8 heteroatoms. The largest absolute Gasteiger partial charge is 0.478 e. The lowest BCUT2D eigenvalue weighted by Crippen LogP contribution is -2.59. The first-order chi connectivity index (χ1) is 13.9. The molecule has 1 aliphatic carbocycles. The lowest BCUT2D eigenvalue weighted by Gasteiger charge is -2.29. The van der Waals surface area contributed by atoms with Gasteiger partial charge >= 0.3 is 12.0 Å². The fourth-order valence-electron chi connectivity index (χ4n) is 3.61. The predicted octanol–water partition coefficient (Wildman–Crippen LogP) is 2.71. The molecule has 3 rings (SSSR count). The Labute approximate surface area is 168 Å². The van der Waals surface area contributed by atoms with E-state index in [1.807, 2.05) is 30.3 Å². The number of benzene rings is 1. The summed E-state index contributed by atoms with van der Waals surface area (Å²) in [6, 6.07) is 10.5. The molecule has 0 atom stereocenters. The van der Waals surface area contributed by atoms with Crippen LogP contribution in [0.3, 0.4) is 0 Å². The molecular weight excluding hydrogens is 374 g/mol. The maximum Gasteiger partial charge on any atom is 0.339 e. The van der Waals surface area contributed by atoms with Crippen LogP contribution in [0.4, 0.5) is 4.79 Å². The van der Waals surface area contributed by atoms with E-state index in [4.69, 9.17) is 9.52 Å². The Bertz CT molecular complexity index is 885. The molecule has 4 N–H and O–H groups in total. The number of carboxylic acid groups (broad SMARTS) is 1. The van der Waals surface area contributed by atoms with Gasteiger partial charge in [-0.3, -0.25) is 4.79 Å². The average Bonchev–Trinajstić information content (AvgIpc) is 3.32. The fourth-order valence-corrected chi connectivity index (χ4v) is 3.61. The van der Waals surface area contributed by atoms with Crippen molar-refractivity contribution in [2.45, 2.75) is 51.2 Å². The minimum absolute atomic E-state index is 0.0576. The van der Waals surface area contributed by atoms with Crippen molar-refractivity contribution >= 4 is 17.9 Å². The van der Waals surface area contributed by atoms with Gasteiger partial charge in [0.05, 0.1) is 6.54 Å². The van der Waals surface area contributed by atoms with Gasteiger partial charge in [-0.1, -0.05) is 43.2 Å². The van der Waals surface area contributed by atoms with Gasteiger partial charge in [-0.05, 0) is 31.4 Å². The number of aromatic carboxylic acids is 1. The van der Waals surface area contributed by atoms with Crippen molar-refractivity contribution in [3.8, 4) is 0 Å². The monoisotopic (exact) mass is 399 g/mol. The molecule has 0 unspecified atom stereocenters. The molecule has 1 aliphatic rings. The van der Waals surface area contributed by atoms with Crippen molar-refractivity contribution in [1.82, 2.24) is 16.0 Å². The van der Waals surface area contributed by atoms with Gasteiger partial charge in [0.2, 0.25) is 5.91 Å². The van der Waals surface area contributed by atoms with Crippen LogP contribution in [0.5, 0.6) is 0 Å². The van der Waals surface area contributed by atoms with E-state index in [0.29, 0.717) is 25.1 Å². The third-order valence-corrected chi connectivity index (χ3v) is 5.16. The van der Waals surface area contributed by atoms with Crippen molar-refractivity contribution < 1.29 is 23.9 Å². The Balaban J connectivity index is 1.58. The molecule has 1 fully saturated rings. The molecule has 0 aliphatic heterocycles. The van der Waals surface area contributed by atoms with Crippen LogP contribution in [0, 0.1) is 6.92 Å². The maximum absolute atomic E-state index is 12.9. The molecule has 0 bridgehead atoms. The van der Waals surface area contributed by atoms with Gasteiger partial charge in [0.15, 0.2) is 0 Å². The molecule has 2 aromatic rings. The topological polar surface area (TPSA) is 121 Å². The second-order valence-corrected chi connectivity index (χ2v) is 7.25. The van der Waals surface area contributed by atoms with Gasteiger partial charge < -0.3 is 25.5 Å². The van der Waals surface area contributed by atoms with E-state index < -0.39 is 17.5 Å². The number of amides is 3. The highest BCUT2D eigenvalue weighted by atomic mass is 16.4. The number of carbonyl (C=O) groups is 3. The summed E-state index contributed by atoms with van der Waals surface area (Å²) in [4.78, 5) is 36.4. The summed E-state index contributed by atoms with van der Waals surface area (Å²) in [7, 11) is 0. The van der Waals surface area contributed by atoms with E-state index in [1.54, 1.807) is 6.92 Å². The lowest BCUT2D eigenvalue weighted by molar-refractivity contribution is -0.127. The Morgan fingerprint density at radius 1 is 1.07 bits per heavy atom. The van der Waals surface area contributed by atoms with Gasteiger partial charge in [-0.15, -0.1) is 0 Å². The second kappa shape index (κ2) is 8.81. The summed E-state index contributed by atoms with van der Waals surface area (Å²) in [5.74, 6) is -0.727. The van der Waals surface area contributed by atoms with Gasteiger partial charge in [-0.25, -0.2) is 9.59 Å². The summed E-state index contributed by atoms with van der Waals surface area (Å²) in [5.41, 5.74) is 0.0659. The molecule has 1 aromatic carbocycles. The summed E-state index contributed by atoms with van der Waals surface area (Å²) in [6.45, 7) is 1.99. The van der Waals surface area contributed by atoms with E-state index in [0.717, 1.165) is 18.4 Å². The first-order valence-corrected chi connectivity index (χ1v) is 9.60. The van der Waals surface area contributed by atoms with Gasteiger partial charge in [0, 0.05) is 6.54 Å². The Kier molecular flexibility index (Phi) is 6.21. The molecule has 1 saturated carbocycles. The maximum atomic E-state index is 12.9. The summed E-state index contributed by atoms with van der Waals surface area (Å²) in [6.07, 6.45) is 2.79. The van der Waals surface area contributed by atoms with Gasteiger partial charge in [0.25, 0.3) is 0 Å². The molecule has 1 heterocycles.